The maximum atomic E-state index is 13.6. The van der Waals surface area contributed by atoms with Gasteiger partial charge in [-0.15, -0.1) is 11.8 Å². The van der Waals surface area contributed by atoms with Gasteiger partial charge in [0, 0.05) is 11.8 Å². The van der Waals surface area contributed by atoms with E-state index in [1.54, 1.807) is 18.2 Å². The van der Waals surface area contributed by atoms with Crippen LogP contribution in [0.25, 0.3) is 0 Å². The molecule has 0 aliphatic carbocycles. The number of nitrogens with zero attached hydrogens (tertiary/aromatic N) is 1. The number of esters is 1. The maximum absolute atomic E-state index is 13.6. The molecule has 114 valence electrons. The van der Waals surface area contributed by atoms with Gasteiger partial charge in [-0.2, -0.15) is 0 Å². The minimum atomic E-state index is -0.645. The summed E-state index contributed by atoms with van der Waals surface area (Å²) in [6, 6.07) is 10.3. The lowest BCUT2D eigenvalue weighted by molar-refractivity contribution is -0.387. The van der Waals surface area contributed by atoms with Gasteiger partial charge in [0.25, 0.3) is 5.69 Å². The Labute approximate surface area is 130 Å². The molecule has 2 aromatic carbocycles. The van der Waals surface area contributed by atoms with E-state index >= 15 is 0 Å². The summed E-state index contributed by atoms with van der Waals surface area (Å²) in [5, 5.41) is 11.1. The first-order valence-corrected chi connectivity index (χ1v) is 7.24. The van der Waals surface area contributed by atoms with Gasteiger partial charge in [-0.3, -0.25) is 10.1 Å². The van der Waals surface area contributed by atoms with Gasteiger partial charge in [0.15, 0.2) is 0 Å². The van der Waals surface area contributed by atoms with E-state index in [-0.39, 0.29) is 22.8 Å². The van der Waals surface area contributed by atoms with Crippen LogP contribution in [0.4, 0.5) is 10.1 Å². The second-order valence-corrected chi connectivity index (χ2v) is 5.33. The summed E-state index contributed by atoms with van der Waals surface area (Å²) in [4.78, 5) is 22.3. The number of carbonyl (C=O) groups excluding carboxylic acids is 1. The lowest BCUT2D eigenvalue weighted by atomic mass is 10.2. The van der Waals surface area contributed by atoms with Crippen LogP contribution < -0.4 is 0 Å². The van der Waals surface area contributed by atoms with Crippen molar-refractivity contribution in [3.05, 3.63) is 69.5 Å². The average Bonchev–Trinajstić information content (AvgIpc) is 2.53. The van der Waals surface area contributed by atoms with Crippen LogP contribution >= 0.6 is 11.8 Å². The molecule has 0 fully saturated rings. The van der Waals surface area contributed by atoms with Crippen molar-refractivity contribution in [2.45, 2.75) is 10.6 Å². The monoisotopic (exact) mass is 321 g/mol. The van der Waals surface area contributed by atoms with Gasteiger partial charge < -0.3 is 4.74 Å². The fourth-order valence-corrected chi connectivity index (χ4v) is 2.79. The SMILES string of the molecule is COC(=O)c1ccc(SCc2ccccc2F)c([N+](=O)[O-])c1. The Morgan fingerprint density at radius 1 is 1.32 bits per heavy atom. The predicted molar refractivity (Wildman–Crippen MR) is 80.4 cm³/mol. The summed E-state index contributed by atoms with van der Waals surface area (Å²) in [5.74, 6) is -0.747. The Balaban J connectivity index is 2.25. The zero-order valence-electron chi connectivity index (χ0n) is 11.6. The van der Waals surface area contributed by atoms with Crippen LogP contribution in [0.3, 0.4) is 0 Å². The van der Waals surface area contributed by atoms with Gasteiger partial charge in [-0.1, -0.05) is 18.2 Å². The van der Waals surface area contributed by atoms with Crippen molar-refractivity contribution >= 4 is 23.4 Å². The minimum Gasteiger partial charge on any atom is -0.465 e. The Hall–Kier alpha value is -2.41. The van der Waals surface area contributed by atoms with Crippen molar-refractivity contribution in [2.24, 2.45) is 0 Å². The van der Waals surface area contributed by atoms with E-state index in [0.29, 0.717) is 10.5 Å². The average molecular weight is 321 g/mol. The van der Waals surface area contributed by atoms with Crippen LogP contribution in [0.2, 0.25) is 0 Å². The first-order chi connectivity index (χ1) is 10.5. The fraction of sp³-hybridized carbons (Fsp3) is 0.133. The van der Waals surface area contributed by atoms with Crippen molar-refractivity contribution in [1.29, 1.82) is 0 Å². The molecule has 0 saturated heterocycles. The standard InChI is InChI=1S/C15H12FNO4S/c1-21-15(18)10-6-7-14(13(8-10)17(19)20)22-9-11-4-2-3-5-12(11)16/h2-8H,9H2,1H3. The summed E-state index contributed by atoms with van der Waals surface area (Å²) in [6.07, 6.45) is 0. The minimum absolute atomic E-state index is 0.101. The second kappa shape index (κ2) is 7.04. The number of hydrogen-bond acceptors (Lipinski definition) is 5. The Morgan fingerprint density at radius 3 is 2.68 bits per heavy atom. The van der Waals surface area contributed by atoms with Gasteiger partial charge in [0.1, 0.15) is 5.82 Å². The maximum Gasteiger partial charge on any atom is 0.338 e. The normalized spacial score (nSPS) is 10.3. The van der Waals surface area contributed by atoms with Crippen LogP contribution in [0, 0.1) is 15.9 Å². The van der Waals surface area contributed by atoms with Crippen molar-refractivity contribution in [2.75, 3.05) is 7.11 Å². The van der Waals surface area contributed by atoms with Crippen LogP contribution in [0.1, 0.15) is 15.9 Å². The van der Waals surface area contributed by atoms with Crippen molar-refractivity contribution in [1.82, 2.24) is 0 Å². The Kier molecular flexibility index (Phi) is 5.11. The highest BCUT2D eigenvalue weighted by Gasteiger charge is 2.18. The number of carbonyl (C=O) groups is 1. The number of benzene rings is 2. The number of methoxy groups -OCH3 is 1. The largest absolute Gasteiger partial charge is 0.465 e. The first kappa shape index (κ1) is 16.0. The number of halogens is 1. The summed E-state index contributed by atoms with van der Waals surface area (Å²) < 4.78 is 18.1. The quantitative estimate of drug-likeness (QED) is 0.362. The number of thioether (sulfide) groups is 1. The summed E-state index contributed by atoms with van der Waals surface area (Å²) in [5.41, 5.74) is 0.354. The smallest absolute Gasteiger partial charge is 0.338 e. The van der Waals surface area contributed by atoms with E-state index in [0.717, 1.165) is 17.8 Å². The molecule has 0 radical (unpaired) electrons. The highest BCUT2D eigenvalue weighted by Crippen LogP contribution is 2.33. The number of nitro benzene ring substituents is 1. The third kappa shape index (κ3) is 3.62. The van der Waals surface area contributed by atoms with Gasteiger partial charge in [-0.25, -0.2) is 9.18 Å². The Morgan fingerprint density at radius 2 is 2.05 bits per heavy atom. The molecule has 0 N–H and O–H groups in total. The first-order valence-electron chi connectivity index (χ1n) is 6.26. The highest BCUT2D eigenvalue weighted by atomic mass is 32.2. The third-order valence-electron chi connectivity index (χ3n) is 2.92. The summed E-state index contributed by atoms with van der Waals surface area (Å²) in [7, 11) is 1.20. The lowest BCUT2D eigenvalue weighted by Crippen LogP contribution is -2.02. The van der Waals surface area contributed by atoms with Gasteiger partial charge >= 0.3 is 5.97 Å². The molecule has 22 heavy (non-hydrogen) atoms. The highest BCUT2D eigenvalue weighted by molar-refractivity contribution is 7.98. The van der Waals surface area contributed by atoms with E-state index in [9.17, 15) is 19.3 Å². The molecule has 0 unspecified atom stereocenters. The molecule has 0 bridgehead atoms. The topological polar surface area (TPSA) is 69.4 Å². The molecule has 0 aliphatic heterocycles. The molecule has 0 atom stereocenters. The molecule has 7 heteroatoms. The van der Waals surface area contributed by atoms with E-state index in [1.165, 1.54) is 25.3 Å². The molecular weight excluding hydrogens is 309 g/mol. The molecule has 0 saturated carbocycles. The predicted octanol–water partition coefficient (Wildman–Crippen LogP) is 3.81. The number of hydrogen-bond donors (Lipinski definition) is 0. The third-order valence-corrected chi connectivity index (χ3v) is 4.03. The molecule has 0 heterocycles. The van der Waals surface area contributed by atoms with Gasteiger partial charge in [0.05, 0.1) is 22.5 Å². The van der Waals surface area contributed by atoms with E-state index in [2.05, 4.69) is 4.74 Å². The molecule has 0 aromatic heterocycles. The van der Waals surface area contributed by atoms with E-state index < -0.39 is 10.9 Å². The van der Waals surface area contributed by atoms with Crippen molar-refractivity contribution < 1.29 is 18.8 Å². The zero-order chi connectivity index (χ0) is 16.1. The molecule has 2 aromatic rings. The zero-order valence-corrected chi connectivity index (χ0v) is 12.4. The molecule has 0 amide bonds. The summed E-state index contributed by atoms with van der Waals surface area (Å²) >= 11 is 1.14. The Bertz CT molecular complexity index is 720. The van der Waals surface area contributed by atoms with Crippen LogP contribution in [-0.2, 0) is 10.5 Å². The molecule has 5 nitrogen and oxygen atoms in total. The van der Waals surface area contributed by atoms with Crippen LogP contribution in [0.15, 0.2) is 47.4 Å². The second-order valence-electron chi connectivity index (χ2n) is 4.31. The lowest BCUT2D eigenvalue weighted by Gasteiger charge is -2.06. The summed E-state index contributed by atoms with van der Waals surface area (Å²) in [6.45, 7) is 0. The van der Waals surface area contributed by atoms with Crippen molar-refractivity contribution in [3.63, 3.8) is 0 Å². The molecule has 0 spiro atoms. The van der Waals surface area contributed by atoms with Crippen LogP contribution in [-0.4, -0.2) is 18.0 Å². The van der Waals surface area contributed by atoms with E-state index in [1.807, 2.05) is 0 Å². The number of rotatable bonds is 5. The van der Waals surface area contributed by atoms with Crippen molar-refractivity contribution in [3.8, 4) is 0 Å². The molecular formula is C15H12FNO4S. The van der Waals surface area contributed by atoms with Gasteiger partial charge in [-0.05, 0) is 23.8 Å². The van der Waals surface area contributed by atoms with Gasteiger partial charge in [0.2, 0.25) is 0 Å². The number of ether oxygens (including phenoxy) is 1. The fourth-order valence-electron chi connectivity index (χ4n) is 1.80. The van der Waals surface area contributed by atoms with Crippen LogP contribution in [0.5, 0.6) is 0 Å². The number of nitro groups is 1. The molecule has 0 aliphatic rings. The molecule has 2 rings (SSSR count). The van der Waals surface area contributed by atoms with E-state index in [4.69, 9.17) is 0 Å².